The van der Waals surface area contributed by atoms with Gasteiger partial charge in [0.25, 0.3) is 11.8 Å². The summed E-state index contributed by atoms with van der Waals surface area (Å²) in [5.41, 5.74) is 3.15. The second kappa shape index (κ2) is 8.46. The van der Waals surface area contributed by atoms with E-state index in [9.17, 15) is 18.0 Å². The largest absolute Gasteiger partial charge is 0.317 e. The predicted octanol–water partition coefficient (Wildman–Crippen LogP) is 0.00417. The molecule has 1 unspecified atom stereocenters. The summed E-state index contributed by atoms with van der Waals surface area (Å²) in [6.07, 6.45) is 0. The van der Waals surface area contributed by atoms with Crippen LogP contribution in [0.5, 0.6) is 0 Å². The number of carbonyl (C=O) groups is 2. The van der Waals surface area contributed by atoms with Gasteiger partial charge < -0.3 is 5.32 Å². The van der Waals surface area contributed by atoms with Crippen LogP contribution in [-0.2, 0) is 19.4 Å². The van der Waals surface area contributed by atoms with E-state index in [-0.39, 0.29) is 12.1 Å². The molecule has 2 rings (SSSR count). The van der Waals surface area contributed by atoms with Crippen molar-refractivity contribution in [1.82, 2.24) is 21.1 Å². The maximum absolute atomic E-state index is 13.4. The Bertz CT molecular complexity index is 953. The first kappa shape index (κ1) is 21.5. The van der Waals surface area contributed by atoms with Crippen molar-refractivity contribution in [1.29, 1.82) is 5.41 Å². The zero-order valence-corrected chi connectivity index (χ0v) is 16.7. The van der Waals surface area contributed by atoms with Crippen LogP contribution in [-0.4, -0.2) is 57.0 Å². The lowest BCUT2D eigenvalue weighted by molar-refractivity contribution is -0.124. The quantitative estimate of drug-likeness (QED) is 0.354. The van der Waals surface area contributed by atoms with Crippen LogP contribution < -0.4 is 16.1 Å². The fraction of sp³-hybridized carbons (Fsp3) is 0.278. The van der Waals surface area contributed by atoms with Gasteiger partial charge in [0.05, 0.1) is 5.70 Å². The van der Waals surface area contributed by atoms with Gasteiger partial charge in [-0.15, -0.1) is 0 Å². The third-order valence-electron chi connectivity index (χ3n) is 4.32. The molecule has 0 bridgehead atoms. The molecule has 0 radical (unpaired) electrons. The SMILES string of the molecule is C=C(c1ccccc1)N(NC)C(CNC)S(=O)(=O)C1=C(C)C(=N)C(=O)NC1=O. The summed E-state index contributed by atoms with van der Waals surface area (Å²) < 4.78 is 26.8. The number of nitrogens with zero attached hydrogens (tertiary/aromatic N) is 1. The molecular formula is C18H23N5O4S. The molecule has 28 heavy (non-hydrogen) atoms. The van der Waals surface area contributed by atoms with E-state index in [1.165, 1.54) is 11.9 Å². The minimum Gasteiger partial charge on any atom is -0.317 e. The molecule has 10 heteroatoms. The van der Waals surface area contributed by atoms with Crippen LogP contribution in [0.15, 0.2) is 47.4 Å². The Kier molecular flexibility index (Phi) is 6.49. The van der Waals surface area contributed by atoms with Crippen molar-refractivity contribution in [3.8, 4) is 0 Å². The summed E-state index contributed by atoms with van der Waals surface area (Å²) in [5, 5.41) is 12.6. The van der Waals surface area contributed by atoms with Crippen molar-refractivity contribution < 1.29 is 18.0 Å². The molecule has 0 saturated heterocycles. The minimum atomic E-state index is -4.29. The molecule has 2 amide bonds. The van der Waals surface area contributed by atoms with Crippen LogP contribution >= 0.6 is 0 Å². The van der Waals surface area contributed by atoms with E-state index in [4.69, 9.17) is 5.41 Å². The smallest absolute Gasteiger partial charge is 0.276 e. The number of nitrogens with one attached hydrogen (secondary N) is 4. The summed E-state index contributed by atoms with van der Waals surface area (Å²) in [6.45, 7) is 5.22. The molecule has 4 N–H and O–H groups in total. The summed E-state index contributed by atoms with van der Waals surface area (Å²) in [6, 6.07) is 8.98. The lowest BCUT2D eigenvalue weighted by Crippen LogP contribution is -2.54. The van der Waals surface area contributed by atoms with Gasteiger partial charge in [0.2, 0.25) is 9.84 Å². The number of amides is 2. The van der Waals surface area contributed by atoms with Crippen LogP contribution in [0.3, 0.4) is 0 Å². The number of likely N-dealkylation sites (N-methyl/N-ethyl adjacent to an activating group) is 1. The van der Waals surface area contributed by atoms with Gasteiger partial charge in [0.1, 0.15) is 10.6 Å². The van der Waals surface area contributed by atoms with Gasteiger partial charge in [-0.2, -0.15) is 0 Å². The molecule has 1 atom stereocenters. The topological polar surface area (TPSA) is 131 Å². The van der Waals surface area contributed by atoms with Crippen LogP contribution in [0.4, 0.5) is 0 Å². The molecular weight excluding hydrogens is 382 g/mol. The number of hydrazine groups is 1. The highest BCUT2D eigenvalue weighted by Crippen LogP contribution is 2.27. The first-order chi connectivity index (χ1) is 13.2. The molecule has 1 aromatic carbocycles. The molecule has 0 spiro atoms. The number of rotatable bonds is 8. The summed E-state index contributed by atoms with van der Waals surface area (Å²) in [5.74, 6) is -1.97. The maximum atomic E-state index is 13.4. The summed E-state index contributed by atoms with van der Waals surface area (Å²) in [7, 11) is -1.17. The van der Waals surface area contributed by atoms with Crippen molar-refractivity contribution >= 4 is 33.1 Å². The Labute approximate surface area is 163 Å². The van der Waals surface area contributed by atoms with Crippen LogP contribution in [0.1, 0.15) is 12.5 Å². The van der Waals surface area contributed by atoms with Gasteiger partial charge >= 0.3 is 0 Å². The molecule has 1 aromatic rings. The highest BCUT2D eigenvalue weighted by molar-refractivity contribution is 7.96. The van der Waals surface area contributed by atoms with E-state index < -0.39 is 37.6 Å². The van der Waals surface area contributed by atoms with E-state index in [0.29, 0.717) is 11.3 Å². The predicted molar refractivity (Wildman–Crippen MR) is 107 cm³/mol. The lowest BCUT2D eigenvalue weighted by Gasteiger charge is -2.34. The van der Waals surface area contributed by atoms with Gasteiger partial charge in [0.15, 0.2) is 5.37 Å². The Morgan fingerprint density at radius 3 is 2.36 bits per heavy atom. The van der Waals surface area contributed by atoms with E-state index >= 15 is 0 Å². The fourth-order valence-electron chi connectivity index (χ4n) is 2.89. The molecule has 0 aliphatic carbocycles. The highest BCUT2D eigenvalue weighted by atomic mass is 32.2. The van der Waals surface area contributed by atoms with Crippen LogP contribution in [0.25, 0.3) is 5.70 Å². The first-order valence-corrected chi connectivity index (χ1v) is 9.96. The van der Waals surface area contributed by atoms with E-state index in [0.717, 1.165) is 0 Å². The first-order valence-electron chi connectivity index (χ1n) is 8.41. The number of hydrogen-bond donors (Lipinski definition) is 4. The Hall–Kier alpha value is -2.82. The van der Waals surface area contributed by atoms with Crippen molar-refractivity contribution in [3.63, 3.8) is 0 Å². The summed E-state index contributed by atoms with van der Waals surface area (Å²) in [4.78, 5) is 23.4. The Balaban J connectivity index is 2.57. The number of carbonyl (C=O) groups excluding carboxylic acids is 2. The normalized spacial score (nSPS) is 16.0. The Morgan fingerprint density at radius 1 is 1.21 bits per heavy atom. The summed E-state index contributed by atoms with van der Waals surface area (Å²) >= 11 is 0. The van der Waals surface area contributed by atoms with E-state index in [1.54, 1.807) is 38.4 Å². The highest BCUT2D eigenvalue weighted by Gasteiger charge is 2.42. The lowest BCUT2D eigenvalue weighted by atomic mass is 10.1. The molecule has 9 nitrogen and oxygen atoms in total. The molecule has 1 aliphatic heterocycles. The Morgan fingerprint density at radius 2 is 1.82 bits per heavy atom. The zero-order chi connectivity index (χ0) is 21.1. The average Bonchev–Trinajstić information content (AvgIpc) is 2.66. The van der Waals surface area contributed by atoms with E-state index in [1.807, 2.05) is 11.4 Å². The number of hydrogen-bond acceptors (Lipinski definition) is 8. The average molecular weight is 405 g/mol. The van der Waals surface area contributed by atoms with Crippen molar-refractivity contribution in [3.05, 3.63) is 53.0 Å². The van der Waals surface area contributed by atoms with Crippen LogP contribution in [0.2, 0.25) is 0 Å². The van der Waals surface area contributed by atoms with Gasteiger partial charge in [-0.1, -0.05) is 36.9 Å². The fourth-order valence-corrected chi connectivity index (χ4v) is 4.90. The van der Waals surface area contributed by atoms with Gasteiger partial charge in [-0.05, 0) is 19.5 Å². The molecule has 1 aliphatic rings. The molecule has 150 valence electrons. The van der Waals surface area contributed by atoms with Gasteiger partial charge in [0, 0.05) is 19.2 Å². The molecule has 1 heterocycles. The van der Waals surface area contributed by atoms with Gasteiger partial charge in [-0.25, -0.2) is 13.8 Å². The maximum Gasteiger partial charge on any atom is 0.276 e. The second-order valence-electron chi connectivity index (χ2n) is 6.08. The van der Waals surface area contributed by atoms with Crippen molar-refractivity contribution in [2.24, 2.45) is 0 Å². The molecule has 0 saturated carbocycles. The number of imide groups is 1. The molecule has 0 fully saturated rings. The zero-order valence-electron chi connectivity index (χ0n) is 15.9. The minimum absolute atomic E-state index is 0.0413. The third kappa shape index (κ3) is 3.88. The van der Waals surface area contributed by atoms with Gasteiger partial charge in [-0.3, -0.25) is 25.3 Å². The van der Waals surface area contributed by atoms with E-state index in [2.05, 4.69) is 17.3 Å². The van der Waals surface area contributed by atoms with Crippen molar-refractivity contribution in [2.45, 2.75) is 12.3 Å². The molecule has 0 aromatic heterocycles. The third-order valence-corrected chi connectivity index (χ3v) is 6.48. The number of benzene rings is 1. The monoisotopic (exact) mass is 405 g/mol. The number of sulfone groups is 1. The second-order valence-corrected chi connectivity index (χ2v) is 8.12. The van der Waals surface area contributed by atoms with Crippen LogP contribution in [0, 0.1) is 5.41 Å². The standard InChI is InChI=1S/C18H23N5O4S/c1-11-15(19)17(24)22-18(25)16(11)28(26,27)14(10-20-3)23(21-4)12(2)13-8-6-5-7-9-13/h5-9,14,19-21H,2,10H2,1,3-4H3,(H,22,24,25). The van der Waals surface area contributed by atoms with Crippen molar-refractivity contribution in [2.75, 3.05) is 20.6 Å².